The molecule has 31 heavy (non-hydrogen) atoms. The first-order valence-electron chi connectivity index (χ1n) is 9.96. The van der Waals surface area contributed by atoms with E-state index < -0.39 is 0 Å². The van der Waals surface area contributed by atoms with E-state index >= 15 is 0 Å². The molecule has 4 aromatic carbocycles. The second-order valence-electron chi connectivity index (χ2n) is 7.19. The van der Waals surface area contributed by atoms with Crippen LogP contribution in [-0.4, -0.2) is 9.55 Å². The van der Waals surface area contributed by atoms with Crippen LogP contribution in [0.5, 0.6) is 0 Å². The quantitative estimate of drug-likeness (QED) is 0.263. The van der Waals surface area contributed by atoms with Crippen LogP contribution in [0.4, 0.5) is 4.39 Å². The standard InChI is InChI=1S/C27H18BrFN2/c28-22-12-7-13-24(18-22)31-26(20-10-5-2-6-11-20)25(19-8-3-1-4-9-19)30-27(31)21-14-16-23(29)17-15-21/h1-18H. The molecule has 0 spiro atoms. The molecule has 0 aliphatic rings. The van der Waals surface area contributed by atoms with Crippen LogP contribution in [0, 0.1) is 5.82 Å². The molecule has 4 heteroatoms. The van der Waals surface area contributed by atoms with Crippen LogP contribution < -0.4 is 0 Å². The van der Waals surface area contributed by atoms with Crippen molar-refractivity contribution in [3.05, 3.63) is 119 Å². The van der Waals surface area contributed by atoms with Gasteiger partial charge in [-0.3, -0.25) is 4.57 Å². The van der Waals surface area contributed by atoms with Gasteiger partial charge < -0.3 is 0 Å². The lowest BCUT2D eigenvalue weighted by Gasteiger charge is -2.14. The Hall–Kier alpha value is -3.50. The lowest BCUT2D eigenvalue weighted by atomic mass is 10.0. The van der Waals surface area contributed by atoms with E-state index in [1.54, 1.807) is 12.1 Å². The lowest BCUT2D eigenvalue weighted by molar-refractivity contribution is 0.628. The molecule has 0 N–H and O–H groups in total. The molecule has 150 valence electrons. The maximum atomic E-state index is 13.7. The molecule has 0 unspecified atom stereocenters. The van der Waals surface area contributed by atoms with Gasteiger partial charge in [-0.05, 0) is 42.5 Å². The molecule has 0 saturated carbocycles. The van der Waals surface area contributed by atoms with Crippen molar-refractivity contribution in [2.45, 2.75) is 0 Å². The van der Waals surface area contributed by atoms with Gasteiger partial charge in [0.25, 0.3) is 0 Å². The van der Waals surface area contributed by atoms with Gasteiger partial charge in [0.2, 0.25) is 0 Å². The zero-order valence-corrected chi connectivity index (χ0v) is 18.1. The SMILES string of the molecule is Fc1ccc(-c2nc(-c3ccccc3)c(-c3ccccc3)n2-c2cccc(Br)c2)cc1. The number of imidazole rings is 1. The van der Waals surface area contributed by atoms with E-state index in [1.165, 1.54) is 12.1 Å². The maximum absolute atomic E-state index is 13.7. The minimum absolute atomic E-state index is 0.268. The van der Waals surface area contributed by atoms with Crippen LogP contribution in [0.25, 0.3) is 39.6 Å². The summed E-state index contributed by atoms with van der Waals surface area (Å²) in [4.78, 5) is 5.09. The van der Waals surface area contributed by atoms with E-state index in [4.69, 9.17) is 4.98 Å². The van der Waals surface area contributed by atoms with E-state index in [-0.39, 0.29) is 5.82 Å². The third kappa shape index (κ3) is 3.82. The van der Waals surface area contributed by atoms with E-state index in [2.05, 4.69) is 56.9 Å². The van der Waals surface area contributed by atoms with Crippen LogP contribution in [0.3, 0.4) is 0 Å². The van der Waals surface area contributed by atoms with Crippen molar-refractivity contribution in [3.63, 3.8) is 0 Å². The summed E-state index contributed by atoms with van der Waals surface area (Å²) in [6, 6.07) is 35.0. The third-order valence-electron chi connectivity index (χ3n) is 5.14. The predicted molar refractivity (Wildman–Crippen MR) is 128 cm³/mol. The molecule has 0 fully saturated rings. The van der Waals surface area contributed by atoms with Crippen molar-refractivity contribution < 1.29 is 4.39 Å². The smallest absolute Gasteiger partial charge is 0.145 e. The van der Waals surface area contributed by atoms with Gasteiger partial charge in [-0.2, -0.15) is 0 Å². The highest BCUT2D eigenvalue weighted by molar-refractivity contribution is 9.10. The summed E-state index contributed by atoms with van der Waals surface area (Å²) < 4.78 is 16.8. The second-order valence-corrected chi connectivity index (χ2v) is 8.10. The Morgan fingerprint density at radius 2 is 1.29 bits per heavy atom. The molecular formula is C27H18BrFN2. The number of aromatic nitrogens is 2. The minimum Gasteiger partial charge on any atom is -0.292 e. The Labute approximate surface area is 188 Å². The van der Waals surface area contributed by atoms with Gasteiger partial charge in [0.1, 0.15) is 11.6 Å². The Kier molecular flexibility index (Phi) is 5.23. The van der Waals surface area contributed by atoms with Crippen molar-refractivity contribution in [3.8, 4) is 39.6 Å². The molecule has 0 atom stereocenters. The molecule has 1 heterocycles. The van der Waals surface area contributed by atoms with E-state index in [0.29, 0.717) is 0 Å². The summed E-state index contributed by atoms with van der Waals surface area (Å²) in [6.45, 7) is 0. The Morgan fingerprint density at radius 3 is 1.94 bits per heavy atom. The van der Waals surface area contributed by atoms with Gasteiger partial charge >= 0.3 is 0 Å². The Bertz CT molecular complexity index is 1330. The highest BCUT2D eigenvalue weighted by Gasteiger charge is 2.22. The largest absolute Gasteiger partial charge is 0.292 e. The van der Waals surface area contributed by atoms with E-state index in [9.17, 15) is 4.39 Å². The van der Waals surface area contributed by atoms with Crippen LogP contribution in [-0.2, 0) is 0 Å². The van der Waals surface area contributed by atoms with Gasteiger partial charge in [0.15, 0.2) is 0 Å². The summed E-state index contributed by atoms with van der Waals surface area (Å²) in [6.07, 6.45) is 0. The Morgan fingerprint density at radius 1 is 0.645 bits per heavy atom. The molecule has 0 bridgehead atoms. The highest BCUT2D eigenvalue weighted by Crippen LogP contribution is 2.38. The fourth-order valence-electron chi connectivity index (χ4n) is 3.74. The number of benzene rings is 4. The number of hydrogen-bond acceptors (Lipinski definition) is 1. The zero-order valence-electron chi connectivity index (χ0n) is 16.5. The first kappa shape index (κ1) is 19.5. The predicted octanol–water partition coefficient (Wildman–Crippen LogP) is 7.77. The van der Waals surface area contributed by atoms with Crippen molar-refractivity contribution in [2.24, 2.45) is 0 Å². The molecule has 2 nitrogen and oxygen atoms in total. The van der Waals surface area contributed by atoms with Crippen molar-refractivity contribution in [1.29, 1.82) is 0 Å². The third-order valence-corrected chi connectivity index (χ3v) is 5.63. The van der Waals surface area contributed by atoms with Gasteiger partial charge in [0, 0.05) is 26.9 Å². The molecule has 5 aromatic rings. The van der Waals surface area contributed by atoms with Crippen LogP contribution in [0.2, 0.25) is 0 Å². The molecule has 0 radical (unpaired) electrons. The fraction of sp³-hybridized carbons (Fsp3) is 0. The topological polar surface area (TPSA) is 17.8 Å². The number of halogens is 2. The average molecular weight is 469 g/mol. The summed E-state index contributed by atoms with van der Waals surface area (Å²) in [5, 5.41) is 0. The molecule has 0 saturated heterocycles. The molecular weight excluding hydrogens is 451 g/mol. The number of rotatable bonds is 4. The zero-order chi connectivity index (χ0) is 21.2. The van der Waals surface area contributed by atoms with Crippen molar-refractivity contribution in [1.82, 2.24) is 9.55 Å². The maximum Gasteiger partial charge on any atom is 0.145 e. The lowest BCUT2D eigenvalue weighted by Crippen LogP contribution is -2.00. The normalized spacial score (nSPS) is 10.9. The monoisotopic (exact) mass is 468 g/mol. The Balaban J connectivity index is 1.89. The second kappa shape index (κ2) is 8.32. The molecule has 0 aliphatic carbocycles. The molecule has 0 aliphatic heterocycles. The summed E-state index contributed by atoms with van der Waals surface area (Å²) in [7, 11) is 0. The van der Waals surface area contributed by atoms with Crippen LogP contribution >= 0.6 is 15.9 Å². The van der Waals surface area contributed by atoms with Gasteiger partial charge in [-0.15, -0.1) is 0 Å². The number of hydrogen-bond donors (Lipinski definition) is 0. The molecule has 0 amide bonds. The van der Waals surface area contributed by atoms with Crippen LogP contribution in [0.15, 0.2) is 114 Å². The summed E-state index contributed by atoms with van der Waals surface area (Å²) in [5.74, 6) is 0.492. The van der Waals surface area contributed by atoms with Gasteiger partial charge in [-0.25, -0.2) is 9.37 Å². The summed E-state index contributed by atoms with van der Waals surface area (Å²) in [5.41, 5.74) is 5.78. The number of nitrogens with zero attached hydrogens (tertiary/aromatic N) is 2. The van der Waals surface area contributed by atoms with Crippen LogP contribution in [0.1, 0.15) is 0 Å². The van der Waals surface area contributed by atoms with Gasteiger partial charge in [0.05, 0.1) is 11.4 Å². The average Bonchev–Trinajstić information content (AvgIpc) is 3.21. The van der Waals surface area contributed by atoms with Crippen molar-refractivity contribution >= 4 is 15.9 Å². The summed E-state index contributed by atoms with van der Waals surface area (Å²) >= 11 is 3.60. The van der Waals surface area contributed by atoms with Gasteiger partial charge in [-0.1, -0.05) is 82.7 Å². The molecule has 1 aromatic heterocycles. The first-order valence-corrected chi connectivity index (χ1v) is 10.8. The molecule has 5 rings (SSSR count). The van der Waals surface area contributed by atoms with E-state index in [1.807, 2.05) is 48.5 Å². The first-order chi connectivity index (χ1) is 15.2. The fourth-order valence-corrected chi connectivity index (χ4v) is 4.13. The van der Waals surface area contributed by atoms with Crippen molar-refractivity contribution in [2.75, 3.05) is 0 Å². The van der Waals surface area contributed by atoms with E-state index in [0.717, 1.165) is 44.1 Å². The highest BCUT2D eigenvalue weighted by atomic mass is 79.9. The minimum atomic E-state index is -0.268.